The van der Waals surface area contributed by atoms with Gasteiger partial charge in [0.2, 0.25) is 5.91 Å². The summed E-state index contributed by atoms with van der Waals surface area (Å²) < 4.78 is -0.662. The van der Waals surface area contributed by atoms with Crippen LogP contribution in [-0.2, 0) is 9.59 Å². The molecule has 0 aliphatic heterocycles. The average Bonchev–Trinajstić information content (AvgIpc) is 2.38. The maximum absolute atomic E-state index is 11.9. The van der Waals surface area contributed by atoms with Gasteiger partial charge in [-0.05, 0) is 45.4 Å². The minimum Gasteiger partial charge on any atom is -0.480 e. The zero-order valence-electron chi connectivity index (χ0n) is 12.5. The first-order valence-electron chi connectivity index (χ1n) is 7.14. The number of nitrogens with one attached hydrogen (secondary N) is 1. The van der Waals surface area contributed by atoms with Crippen LogP contribution in [0, 0.1) is 5.92 Å². The smallest absolute Gasteiger partial charge is 0.321 e. The lowest BCUT2D eigenvalue weighted by molar-refractivity contribution is -0.139. The van der Waals surface area contributed by atoms with Crippen molar-refractivity contribution in [3.8, 4) is 0 Å². The lowest BCUT2D eigenvalue weighted by Gasteiger charge is -2.29. The number of rotatable bonds is 6. The molecule has 0 heterocycles. The van der Waals surface area contributed by atoms with Crippen LogP contribution in [0.15, 0.2) is 0 Å². The van der Waals surface area contributed by atoms with E-state index in [1.807, 2.05) is 0 Å². The summed E-state index contributed by atoms with van der Waals surface area (Å²) >= 11 is 1.29. The zero-order chi connectivity index (χ0) is 15.3. The molecule has 1 amide bonds. The Hall–Kier alpha value is -0.750. The van der Waals surface area contributed by atoms with Crippen molar-refractivity contribution in [2.75, 3.05) is 5.75 Å². The highest BCUT2D eigenvalue weighted by atomic mass is 32.2. The minimum absolute atomic E-state index is 0.0276. The van der Waals surface area contributed by atoms with Crippen molar-refractivity contribution in [1.29, 1.82) is 0 Å². The van der Waals surface area contributed by atoms with E-state index in [2.05, 4.69) is 12.2 Å². The lowest BCUT2D eigenvalue weighted by Crippen LogP contribution is -2.47. The van der Waals surface area contributed by atoms with Gasteiger partial charge >= 0.3 is 5.97 Å². The Morgan fingerprint density at radius 1 is 1.35 bits per heavy atom. The Morgan fingerprint density at radius 2 is 1.90 bits per heavy atom. The first-order valence-corrected chi connectivity index (χ1v) is 8.12. The fourth-order valence-corrected chi connectivity index (χ4v) is 3.18. The van der Waals surface area contributed by atoms with Crippen molar-refractivity contribution in [2.45, 2.75) is 63.3 Å². The van der Waals surface area contributed by atoms with E-state index in [9.17, 15) is 9.59 Å². The molecule has 4 N–H and O–H groups in total. The average molecular weight is 302 g/mol. The summed E-state index contributed by atoms with van der Waals surface area (Å²) in [4.78, 5) is 22.8. The van der Waals surface area contributed by atoms with E-state index in [-0.39, 0.29) is 17.7 Å². The fraction of sp³-hybridized carbons (Fsp3) is 0.857. The molecule has 1 aliphatic carbocycles. The number of hydrogen-bond acceptors (Lipinski definition) is 4. The highest BCUT2D eigenvalue weighted by Crippen LogP contribution is 2.28. The molecular weight excluding hydrogens is 276 g/mol. The van der Waals surface area contributed by atoms with Crippen LogP contribution >= 0.6 is 11.8 Å². The van der Waals surface area contributed by atoms with Crippen LogP contribution in [-0.4, -0.2) is 39.6 Å². The molecule has 0 aromatic heterocycles. The quantitative estimate of drug-likeness (QED) is 0.693. The Balaban J connectivity index is 2.34. The van der Waals surface area contributed by atoms with Gasteiger partial charge in [-0.15, -0.1) is 11.8 Å². The third-order valence-electron chi connectivity index (χ3n) is 3.97. The van der Waals surface area contributed by atoms with Crippen LogP contribution in [0.1, 0.15) is 46.5 Å². The normalized spacial score (nSPS) is 25.0. The summed E-state index contributed by atoms with van der Waals surface area (Å²) in [6.45, 7) is 5.75. The molecule has 1 rings (SSSR count). The summed E-state index contributed by atoms with van der Waals surface area (Å²) in [5, 5.41) is 12.0. The molecule has 1 saturated carbocycles. The van der Waals surface area contributed by atoms with Crippen molar-refractivity contribution in [2.24, 2.45) is 11.7 Å². The topological polar surface area (TPSA) is 92.4 Å². The molecule has 0 unspecified atom stereocenters. The molecule has 1 atom stereocenters. The molecule has 6 heteroatoms. The van der Waals surface area contributed by atoms with Gasteiger partial charge in [-0.3, -0.25) is 9.59 Å². The number of amides is 1. The number of aliphatic carboxylic acids is 1. The van der Waals surface area contributed by atoms with Crippen LogP contribution in [0.5, 0.6) is 0 Å². The lowest BCUT2D eigenvalue weighted by atomic mass is 9.87. The van der Waals surface area contributed by atoms with E-state index >= 15 is 0 Å². The SMILES string of the molecule is CC1CCC(NC(=O)CSC(C)(C)[C@H](N)C(=O)O)CC1. The summed E-state index contributed by atoms with van der Waals surface area (Å²) in [6.07, 6.45) is 4.39. The van der Waals surface area contributed by atoms with Gasteiger partial charge in [-0.2, -0.15) is 0 Å². The highest BCUT2D eigenvalue weighted by Gasteiger charge is 2.33. The van der Waals surface area contributed by atoms with Gasteiger partial charge in [0.1, 0.15) is 6.04 Å². The fourth-order valence-electron chi connectivity index (χ4n) is 2.31. The maximum Gasteiger partial charge on any atom is 0.321 e. The summed E-state index contributed by atoms with van der Waals surface area (Å²) in [5.41, 5.74) is 5.63. The Labute approximate surface area is 125 Å². The third-order valence-corrected chi connectivity index (χ3v) is 5.38. The molecule has 116 valence electrons. The van der Waals surface area contributed by atoms with Gasteiger partial charge in [0, 0.05) is 10.8 Å². The van der Waals surface area contributed by atoms with Gasteiger partial charge < -0.3 is 16.2 Å². The van der Waals surface area contributed by atoms with Crippen molar-refractivity contribution in [1.82, 2.24) is 5.32 Å². The van der Waals surface area contributed by atoms with Gasteiger partial charge in [0.15, 0.2) is 0 Å². The zero-order valence-corrected chi connectivity index (χ0v) is 13.3. The Kier molecular flexibility index (Phi) is 6.33. The number of carbonyl (C=O) groups is 2. The molecule has 0 aromatic carbocycles. The summed E-state index contributed by atoms with van der Waals surface area (Å²) in [6, 6.07) is -0.702. The standard InChI is InChI=1S/C14H26N2O3S/c1-9-4-6-10(7-5-9)16-11(17)8-20-14(2,3)12(15)13(18)19/h9-10,12H,4-8,15H2,1-3H3,(H,16,17)(H,18,19)/t9?,10?,12-/m1/s1. The van der Waals surface area contributed by atoms with Crippen molar-refractivity contribution >= 4 is 23.6 Å². The Bertz CT molecular complexity index is 352. The largest absolute Gasteiger partial charge is 0.480 e. The predicted octanol–water partition coefficient (Wildman–Crippen LogP) is 1.60. The number of nitrogens with two attached hydrogens (primary N) is 1. The van der Waals surface area contributed by atoms with Gasteiger partial charge in [0.25, 0.3) is 0 Å². The van der Waals surface area contributed by atoms with Crippen LogP contribution in [0.4, 0.5) is 0 Å². The molecule has 20 heavy (non-hydrogen) atoms. The molecule has 0 aromatic rings. The van der Waals surface area contributed by atoms with E-state index in [1.165, 1.54) is 11.8 Å². The van der Waals surface area contributed by atoms with Gasteiger partial charge in [-0.1, -0.05) is 6.92 Å². The predicted molar refractivity (Wildman–Crippen MR) is 81.7 cm³/mol. The van der Waals surface area contributed by atoms with E-state index < -0.39 is 16.8 Å². The van der Waals surface area contributed by atoms with Crippen LogP contribution in [0.25, 0.3) is 0 Å². The molecule has 1 fully saturated rings. The highest BCUT2D eigenvalue weighted by molar-refractivity contribution is 8.01. The molecular formula is C14H26N2O3S. The van der Waals surface area contributed by atoms with Crippen molar-refractivity contribution in [3.63, 3.8) is 0 Å². The number of hydrogen-bond donors (Lipinski definition) is 3. The first kappa shape index (κ1) is 17.3. The number of thioether (sulfide) groups is 1. The third kappa shape index (κ3) is 5.32. The first-order chi connectivity index (χ1) is 9.22. The van der Waals surface area contributed by atoms with Crippen LogP contribution in [0.3, 0.4) is 0 Å². The van der Waals surface area contributed by atoms with E-state index in [4.69, 9.17) is 10.8 Å². The second-order valence-corrected chi connectivity index (χ2v) is 7.86. The summed E-state index contributed by atoms with van der Waals surface area (Å²) in [5.74, 6) is -0.0607. The van der Waals surface area contributed by atoms with Crippen molar-refractivity contribution < 1.29 is 14.7 Å². The van der Waals surface area contributed by atoms with Crippen LogP contribution < -0.4 is 11.1 Å². The molecule has 0 spiro atoms. The van der Waals surface area contributed by atoms with E-state index in [1.54, 1.807) is 13.8 Å². The second-order valence-electron chi connectivity index (χ2n) is 6.23. The molecule has 0 bridgehead atoms. The molecule has 5 nitrogen and oxygen atoms in total. The van der Waals surface area contributed by atoms with Crippen LogP contribution in [0.2, 0.25) is 0 Å². The van der Waals surface area contributed by atoms with E-state index in [0.29, 0.717) is 0 Å². The number of carboxylic acid groups (broad SMARTS) is 1. The van der Waals surface area contributed by atoms with Crippen molar-refractivity contribution in [3.05, 3.63) is 0 Å². The molecule has 0 radical (unpaired) electrons. The second kappa shape index (κ2) is 7.31. The van der Waals surface area contributed by atoms with E-state index in [0.717, 1.165) is 31.6 Å². The minimum atomic E-state index is -1.04. The molecule has 0 saturated heterocycles. The van der Waals surface area contributed by atoms with Gasteiger partial charge in [0.05, 0.1) is 5.75 Å². The number of carbonyl (C=O) groups excluding carboxylic acids is 1. The summed E-state index contributed by atoms with van der Waals surface area (Å²) in [7, 11) is 0. The maximum atomic E-state index is 11.9. The number of carboxylic acids is 1. The monoisotopic (exact) mass is 302 g/mol. The van der Waals surface area contributed by atoms with Gasteiger partial charge in [-0.25, -0.2) is 0 Å². The Morgan fingerprint density at radius 3 is 2.40 bits per heavy atom. The molecule has 1 aliphatic rings.